The minimum absolute atomic E-state index is 0.0347. The van der Waals surface area contributed by atoms with E-state index in [2.05, 4.69) is 9.97 Å². The molecule has 16 heteroatoms. The number of amides is 1. The highest BCUT2D eigenvalue weighted by Crippen LogP contribution is 2.38. The van der Waals surface area contributed by atoms with Gasteiger partial charge in [-0.15, -0.1) is 0 Å². The first kappa shape index (κ1) is 29.8. The first-order valence-corrected chi connectivity index (χ1v) is 15.0. The summed E-state index contributed by atoms with van der Waals surface area (Å²) in [7, 11) is 1.47. The molecule has 2 saturated heterocycles. The van der Waals surface area contributed by atoms with Crippen LogP contribution in [0.2, 0.25) is 0 Å². The molecule has 2 aromatic heterocycles. The van der Waals surface area contributed by atoms with E-state index in [0.29, 0.717) is 22.5 Å². The fourth-order valence-electron chi connectivity index (χ4n) is 5.34. The average Bonchev–Trinajstić information content (AvgIpc) is 3.66. The second kappa shape index (κ2) is 11.9. The molecule has 2 aliphatic rings. The summed E-state index contributed by atoms with van der Waals surface area (Å²) in [5, 5.41) is 1.78. The van der Waals surface area contributed by atoms with Crippen molar-refractivity contribution in [1.82, 2.24) is 14.9 Å². The van der Waals surface area contributed by atoms with Crippen LogP contribution < -0.4 is 19.7 Å². The lowest BCUT2D eigenvalue weighted by Crippen LogP contribution is -2.49. The number of aromatic nitrogens is 2. The lowest BCUT2D eigenvalue weighted by molar-refractivity contribution is -0.153. The SMILES string of the molecule is CCOC(=O)[C@@H](Cc1cc2ccnc(N)c2cc1OC)N1CC[C@H](N(c2cnc(N3CCC(F)(F)C3)s2)S(=O)[O-])C1=O. The minimum atomic E-state index is -2.89. The maximum absolute atomic E-state index is 13.7. The van der Waals surface area contributed by atoms with E-state index in [9.17, 15) is 27.1 Å². The number of rotatable bonds is 10. The van der Waals surface area contributed by atoms with E-state index in [-0.39, 0.29) is 49.1 Å². The third-order valence-corrected chi connectivity index (χ3v) is 9.28. The third-order valence-electron chi connectivity index (χ3n) is 7.34. The largest absolute Gasteiger partial charge is 0.755 e. The number of thiazole rings is 1. The zero-order chi connectivity index (χ0) is 30.2. The number of hydrogen-bond donors (Lipinski definition) is 1. The van der Waals surface area contributed by atoms with Crippen LogP contribution in [0.25, 0.3) is 10.8 Å². The van der Waals surface area contributed by atoms with Gasteiger partial charge in [0, 0.05) is 48.8 Å². The Balaban J connectivity index is 1.42. The molecule has 2 fully saturated rings. The number of methoxy groups -OCH3 is 1. The quantitative estimate of drug-likeness (QED) is 0.263. The van der Waals surface area contributed by atoms with Crippen LogP contribution in [0.4, 0.5) is 24.7 Å². The maximum atomic E-state index is 13.7. The van der Waals surface area contributed by atoms with E-state index in [1.165, 1.54) is 23.1 Å². The Bertz CT molecular complexity index is 1520. The van der Waals surface area contributed by atoms with Crippen molar-refractivity contribution in [3.8, 4) is 5.75 Å². The summed E-state index contributed by atoms with van der Waals surface area (Å²) in [6.45, 7) is 1.37. The normalized spacial score (nSPS) is 19.7. The van der Waals surface area contributed by atoms with Gasteiger partial charge in [0.05, 0.1) is 26.5 Å². The van der Waals surface area contributed by atoms with Crippen LogP contribution in [-0.2, 0) is 32.0 Å². The van der Waals surface area contributed by atoms with Crippen molar-refractivity contribution in [2.45, 2.75) is 44.2 Å². The summed E-state index contributed by atoms with van der Waals surface area (Å²) in [4.78, 5) is 37.9. The molecule has 42 heavy (non-hydrogen) atoms. The second-order valence-corrected chi connectivity index (χ2v) is 11.8. The highest BCUT2D eigenvalue weighted by Gasteiger charge is 2.44. The predicted molar refractivity (Wildman–Crippen MR) is 152 cm³/mol. The van der Waals surface area contributed by atoms with Crippen LogP contribution in [0, 0.1) is 0 Å². The number of alkyl halides is 2. The van der Waals surface area contributed by atoms with Crippen LogP contribution in [0.1, 0.15) is 25.3 Å². The highest BCUT2D eigenvalue weighted by molar-refractivity contribution is 7.81. The number of fused-ring (bicyclic) bond motifs is 1. The fraction of sp³-hybridized carbons (Fsp3) is 0.462. The van der Waals surface area contributed by atoms with Crippen molar-refractivity contribution in [1.29, 1.82) is 0 Å². The molecule has 226 valence electrons. The molecule has 3 atom stereocenters. The van der Waals surface area contributed by atoms with Crippen molar-refractivity contribution in [2.24, 2.45) is 0 Å². The molecule has 0 saturated carbocycles. The number of pyridine rings is 1. The van der Waals surface area contributed by atoms with Crippen molar-refractivity contribution in [2.75, 3.05) is 48.3 Å². The van der Waals surface area contributed by atoms with Crippen molar-refractivity contribution < 1.29 is 36.6 Å². The van der Waals surface area contributed by atoms with E-state index in [4.69, 9.17) is 15.2 Å². The average molecular weight is 624 g/mol. The van der Waals surface area contributed by atoms with Gasteiger partial charge in [0.15, 0.2) is 5.13 Å². The standard InChI is InChI=1S/C26H30F2N6O6S2/c1-3-40-24(36)19(11-16-10-15-4-7-30-22(29)17(15)12-20(16)39-2)33-8-5-18(23(33)35)34(42(37)38)21-13-31-25(41-21)32-9-6-26(27,28)14-32/h4,7,10,12-13,18-19H,3,5-6,8-9,11,14H2,1-2H3,(H2,29,30)(H,37,38)/p-1/t18-,19+/m0/s1. The minimum Gasteiger partial charge on any atom is -0.755 e. The van der Waals surface area contributed by atoms with Gasteiger partial charge in [-0.25, -0.2) is 23.5 Å². The van der Waals surface area contributed by atoms with E-state index in [0.717, 1.165) is 21.0 Å². The molecule has 0 radical (unpaired) electrons. The number of nitrogens with two attached hydrogens (primary N) is 1. The molecule has 2 aliphatic heterocycles. The summed E-state index contributed by atoms with van der Waals surface area (Å²) >= 11 is -1.98. The number of esters is 1. The molecule has 0 spiro atoms. The van der Waals surface area contributed by atoms with Gasteiger partial charge < -0.3 is 29.6 Å². The molecule has 1 aromatic carbocycles. The van der Waals surface area contributed by atoms with Crippen molar-refractivity contribution in [3.63, 3.8) is 0 Å². The van der Waals surface area contributed by atoms with Crippen LogP contribution in [-0.4, -0.2) is 86.9 Å². The Hall–Kier alpha value is -3.63. The van der Waals surface area contributed by atoms with Crippen molar-refractivity contribution >= 4 is 61.2 Å². The van der Waals surface area contributed by atoms with Crippen LogP contribution in [0.15, 0.2) is 30.6 Å². The number of carbonyl (C=O) groups is 2. The number of hydrogen-bond acceptors (Lipinski definition) is 11. The Morgan fingerprint density at radius 2 is 2.14 bits per heavy atom. The Morgan fingerprint density at radius 3 is 2.81 bits per heavy atom. The number of anilines is 3. The number of halogens is 2. The van der Waals surface area contributed by atoms with E-state index >= 15 is 0 Å². The van der Waals surface area contributed by atoms with Gasteiger partial charge in [0.1, 0.15) is 28.7 Å². The zero-order valence-corrected chi connectivity index (χ0v) is 24.5. The molecule has 12 nitrogen and oxygen atoms in total. The summed E-state index contributed by atoms with van der Waals surface area (Å²) in [6, 6.07) is 3.05. The van der Waals surface area contributed by atoms with Crippen LogP contribution in [0.3, 0.4) is 0 Å². The summed E-state index contributed by atoms with van der Waals surface area (Å²) < 4.78 is 64.0. The number of benzene rings is 1. The molecular formula is C26H29F2N6O6S2-. The molecule has 4 heterocycles. The molecule has 5 rings (SSSR count). The Morgan fingerprint density at radius 1 is 1.36 bits per heavy atom. The summed E-state index contributed by atoms with van der Waals surface area (Å²) in [6.07, 6.45) is 2.62. The number of carbonyl (C=O) groups excluding carboxylic acids is 2. The molecule has 2 N–H and O–H groups in total. The highest BCUT2D eigenvalue weighted by atomic mass is 32.2. The lowest BCUT2D eigenvalue weighted by Gasteiger charge is -2.31. The molecule has 1 amide bonds. The van der Waals surface area contributed by atoms with E-state index in [1.54, 1.807) is 31.3 Å². The van der Waals surface area contributed by atoms with Gasteiger partial charge in [-0.05, 0) is 42.5 Å². The molecule has 0 bridgehead atoms. The Kier molecular flexibility index (Phi) is 8.48. The number of nitrogen functional groups attached to an aromatic ring is 1. The summed E-state index contributed by atoms with van der Waals surface area (Å²) in [5.41, 5.74) is 6.63. The van der Waals surface area contributed by atoms with Gasteiger partial charge in [-0.2, -0.15) is 0 Å². The monoisotopic (exact) mass is 623 g/mol. The molecule has 0 aliphatic carbocycles. The van der Waals surface area contributed by atoms with E-state index in [1.807, 2.05) is 0 Å². The van der Waals surface area contributed by atoms with Crippen molar-refractivity contribution in [3.05, 3.63) is 36.2 Å². The fourth-order valence-corrected chi connectivity index (χ4v) is 7.13. The second-order valence-electron chi connectivity index (χ2n) is 9.94. The third kappa shape index (κ3) is 5.83. The first-order chi connectivity index (χ1) is 20.0. The number of nitrogens with zero attached hydrogens (tertiary/aromatic N) is 5. The Labute approximate surface area is 246 Å². The molecule has 1 unspecified atom stereocenters. The zero-order valence-electron chi connectivity index (χ0n) is 22.8. The molecule has 3 aromatic rings. The summed E-state index contributed by atoms with van der Waals surface area (Å²) in [5.74, 6) is -3.34. The van der Waals surface area contributed by atoms with Gasteiger partial charge in [0.25, 0.3) is 5.92 Å². The van der Waals surface area contributed by atoms with E-state index < -0.39 is 47.7 Å². The first-order valence-electron chi connectivity index (χ1n) is 13.2. The predicted octanol–water partition coefficient (Wildman–Crippen LogP) is 2.50. The van der Waals surface area contributed by atoms with Gasteiger partial charge >= 0.3 is 5.97 Å². The number of ether oxygens (including phenoxy) is 2. The van der Waals surface area contributed by atoms with Gasteiger partial charge in [-0.1, -0.05) is 11.3 Å². The topological polar surface area (TPSA) is 154 Å². The molecular weight excluding hydrogens is 594 g/mol. The van der Waals surface area contributed by atoms with Crippen LogP contribution in [0.5, 0.6) is 5.75 Å². The lowest BCUT2D eigenvalue weighted by atomic mass is 10.00. The van der Waals surface area contributed by atoms with Gasteiger partial charge in [-0.3, -0.25) is 13.3 Å². The van der Waals surface area contributed by atoms with Crippen LogP contribution >= 0.6 is 11.3 Å². The smallest absolute Gasteiger partial charge is 0.329 e. The maximum Gasteiger partial charge on any atom is 0.329 e. The van der Waals surface area contributed by atoms with Gasteiger partial charge in [0.2, 0.25) is 5.91 Å². The number of likely N-dealkylation sites (tertiary alicyclic amines) is 1.